The Kier molecular flexibility index (Phi) is 7.94. The number of benzene rings is 2. The van der Waals surface area contributed by atoms with Gasteiger partial charge in [-0.15, -0.1) is 0 Å². The van der Waals surface area contributed by atoms with Crippen LogP contribution in [-0.4, -0.2) is 29.0 Å². The molecule has 2 fully saturated rings. The van der Waals surface area contributed by atoms with Gasteiger partial charge >= 0.3 is 0 Å². The number of carbonyl (C=O) groups is 1. The Morgan fingerprint density at radius 1 is 1.03 bits per heavy atom. The summed E-state index contributed by atoms with van der Waals surface area (Å²) in [6.45, 7) is 4.43. The van der Waals surface area contributed by atoms with Crippen LogP contribution >= 0.6 is 34.8 Å². The Morgan fingerprint density at radius 2 is 1.70 bits per heavy atom. The molecule has 8 heteroatoms. The molecule has 194 valence electrons. The summed E-state index contributed by atoms with van der Waals surface area (Å²) in [5.41, 5.74) is 2.89. The molecule has 0 spiro atoms. The minimum Gasteiger partial charge on any atom is -0.348 e. The second-order valence-corrected chi connectivity index (χ2v) is 11.6. The Labute approximate surface area is 233 Å². The second kappa shape index (κ2) is 11.2. The molecule has 1 saturated carbocycles. The highest BCUT2D eigenvalue weighted by Gasteiger charge is 2.42. The van der Waals surface area contributed by atoms with Gasteiger partial charge in [-0.1, -0.05) is 72.8 Å². The number of anilines is 1. The molecule has 1 aliphatic carbocycles. The second-order valence-electron chi connectivity index (χ2n) is 10.3. The maximum absolute atomic E-state index is 13.6. The average Bonchev–Trinajstić information content (AvgIpc) is 3.40. The first kappa shape index (κ1) is 26.3. The number of nitrogens with zero attached hydrogens (tertiary/aromatic N) is 3. The molecule has 2 aromatic carbocycles. The average molecular weight is 558 g/mol. The topological polar surface area (TPSA) is 58.1 Å². The molecule has 37 heavy (non-hydrogen) atoms. The van der Waals surface area contributed by atoms with Gasteiger partial charge in [0.15, 0.2) is 0 Å². The quantitative estimate of drug-likeness (QED) is 0.342. The van der Waals surface area contributed by atoms with Crippen LogP contribution in [0.3, 0.4) is 0 Å². The van der Waals surface area contributed by atoms with Crippen molar-refractivity contribution in [1.29, 1.82) is 0 Å². The summed E-state index contributed by atoms with van der Waals surface area (Å²) in [5, 5.41) is 4.82. The predicted octanol–water partition coefficient (Wildman–Crippen LogP) is 7.46. The van der Waals surface area contributed by atoms with Crippen molar-refractivity contribution in [1.82, 2.24) is 15.3 Å². The van der Waals surface area contributed by atoms with Crippen molar-refractivity contribution in [3.63, 3.8) is 0 Å². The zero-order valence-electron chi connectivity index (χ0n) is 20.9. The van der Waals surface area contributed by atoms with Crippen LogP contribution in [0.5, 0.6) is 0 Å². The van der Waals surface area contributed by atoms with Gasteiger partial charge in [0.25, 0.3) is 5.91 Å². The Balaban J connectivity index is 1.53. The number of halogens is 3. The number of aromatic nitrogens is 2. The van der Waals surface area contributed by atoms with Crippen molar-refractivity contribution in [2.45, 2.75) is 57.4 Å². The lowest BCUT2D eigenvalue weighted by Gasteiger charge is -2.34. The molecular formula is C29H31Cl3N4O. The van der Waals surface area contributed by atoms with Gasteiger partial charge in [0.2, 0.25) is 5.95 Å². The molecule has 5 rings (SSSR count). The normalized spacial score (nSPS) is 17.7. The van der Waals surface area contributed by atoms with Crippen LogP contribution in [-0.2, 0) is 12.0 Å². The highest BCUT2D eigenvalue weighted by molar-refractivity contribution is 6.35. The summed E-state index contributed by atoms with van der Waals surface area (Å²) in [5.74, 6) is 1.20. The Bertz CT molecular complexity index is 1270. The molecule has 1 N–H and O–H groups in total. The van der Waals surface area contributed by atoms with E-state index in [9.17, 15) is 4.79 Å². The third-order valence-electron chi connectivity index (χ3n) is 7.85. The van der Waals surface area contributed by atoms with E-state index in [-0.39, 0.29) is 17.9 Å². The predicted molar refractivity (Wildman–Crippen MR) is 151 cm³/mol. The molecule has 1 amide bonds. The van der Waals surface area contributed by atoms with Crippen LogP contribution in [0.15, 0.2) is 48.7 Å². The smallest absolute Gasteiger partial charge is 0.255 e. The molecule has 2 aliphatic rings. The van der Waals surface area contributed by atoms with Gasteiger partial charge in [0, 0.05) is 46.3 Å². The molecule has 3 aromatic rings. The third kappa shape index (κ3) is 5.59. The molecular weight excluding hydrogens is 527 g/mol. The van der Waals surface area contributed by atoms with E-state index < -0.39 is 0 Å². The van der Waals surface area contributed by atoms with E-state index in [2.05, 4.69) is 29.3 Å². The van der Waals surface area contributed by atoms with Crippen molar-refractivity contribution in [3.05, 3.63) is 86.1 Å². The molecule has 0 radical (unpaired) electrons. The van der Waals surface area contributed by atoms with E-state index in [4.69, 9.17) is 44.8 Å². The molecule has 0 atom stereocenters. The number of rotatable bonds is 6. The van der Waals surface area contributed by atoms with E-state index in [1.165, 1.54) is 0 Å². The van der Waals surface area contributed by atoms with E-state index in [1.807, 2.05) is 18.2 Å². The first-order chi connectivity index (χ1) is 17.9. The molecule has 0 unspecified atom stereocenters. The van der Waals surface area contributed by atoms with Crippen molar-refractivity contribution < 1.29 is 4.79 Å². The van der Waals surface area contributed by atoms with Crippen LogP contribution in [0, 0.1) is 5.92 Å². The number of piperidine rings is 1. The SMILES string of the molecule is CC1CCN(c2ncc(C(=O)NCc3ccc(Cl)cc3Cl)c(C3(c4ccc(Cl)cc4)CCCC3)n2)CC1. The minimum atomic E-state index is -0.365. The number of hydrogen-bond donors (Lipinski definition) is 1. The maximum atomic E-state index is 13.6. The summed E-state index contributed by atoms with van der Waals surface area (Å²) < 4.78 is 0. The van der Waals surface area contributed by atoms with Crippen molar-refractivity contribution in [2.24, 2.45) is 5.92 Å². The van der Waals surface area contributed by atoms with Crippen LogP contribution in [0.25, 0.3) is 0 Å². The van der Waals surface area contributed by atoms with Crippen molar-refractivity contribution in [2.75, 3.05) is 18.0 Å². The lowest BCUT2D eigenvalue weighted by molar-refractivity contribution is 0.0947. The summed E-state index contributed by atoms with van der Waals surface area (Å²) in [7, 11) is 0. The number of nitrogens with one attached hydrogen (secondary N) is 1. The van der Waals surface area contributed by atoms with E-state index >= 15 is 0 Å². The van der Waals surface area contributed by atoms with Crippen molar-refractivity contribution >= 4 is 46.7 Å². The molecule has 0 bridgehead atoms. The maximum Gasteiger partial charge on any atom is 0.255 e. The van der Waals surface area contributed by atoms with Crippen LogP contribution < -0.4 is 10.2 Å². The largest absolute Gasteiger partial charge is 0.348 e. The van der Waals surface area contributed by atoms with Gasteiger partial charge in [0.1, 0.15) is 0 Å². The minimum absolute atomic E-state index is 0.208. The molecule has 5 nitrogen and oxygen atoms in total. The zero-order chi connectivity index (χ0) is 26.0. The van der Waals surface area contributed by atoms with Crippen LogP contribution in [0.2, 0.25) is 15.1 Å². The summed E-state index contributed by atoms with van der Waals surface area (Å²) in [6, 6.07) is 13.3. The highest BCUT2D eigenvalue weighted by Crippen LogP contribution is 2.47. The number of amides is 1. The van der Waals surface area contributed by atoms with Gasteiger partial charge in [-0.3, -0.25) is 4.79 Å². The van der Waals surface area contributed by atoms with E-state index in [0.29, 0.717) is 32.5 Å². The number of hydrogen-bond acceptors (Lipinski definition) is 4. The van der Waals surface area contributed by atoms with Crippen molar-refractivity contribution in [3.8, 4) is 0 Å². The highest BCUT2D eigenvalue weighted by atomic mass is 35.5. The Morgan fingerprint density at radius 3 is 2.38 bits per heavy atom. The van der Waals surface area contributed by atoms with Crippen LogP contribution in [0.4, 0.5) is 5.95 Å². The fraction of sp³-hybridized carbons (Fsp3) is 0.414. The monoisotopic (exact) mass is 556 g/mol. The first-order valence-corrected chi connectivity index (χ1v) is 14.1. The first-order valence-electron chi connectivity index (χ1n) is 13.0. The summed E-state index contributed by atoms with van der Waals surface area (Å²) in [6.07, 6.45) is 7.94. The standard InChI is InChI=1S/C29H31Cl3N4O/c1-19-10-14-36(15-11-19)28-34-18-24(27(37)33-17-20-4-7-23(31)16-25(20)32)26(35-28)29(12-2-3-13-29)21-5-8-22(30)9-6-21/h4-9,16,18-19H,2-3,10-15,17H2,1H3,(H,33,37). The van der Waals surface area contributed by atoms with E-state index in [1.54, 1.807) is 18.3 Å². The van der Waals surface area contributed by atoms with Gasteiger partial charge in [-0.05, 0) is 67.0 Å². The number of carbonyl (C=O) groups excluding carboxylic acids is 1. The zero-order valence-corrected chi connectivity index (χ0v) is 23.2. The third-order valence-corrected chi connectivity index (χ3v) is 8.69. The van der Waals surface area contributed by atoms with Gasteiger partial charge in [-0.25, -0.2) is 9.97 Å². The molecule has 2 heterocycles. The lowest BCUT2D eigenvalue weighted by Crippen LogP contribution is -2.37. The summed E-state index contributed by atoms with van der Waals surface area (Å²) in [4.78, 5) is 25.7. The fourth-order valence-corrected chi connectivity index (χ4v) is 6.21. The lowest BCUT2D eigenvalue weighted by atomic mass is 9.74. The molecule has 1 saturated heterocycles. The Hall–Kier alpha value is -2.34. The molecule has 1 aliphatic heterocycles. The molecule has 1 aromatic heterocycles. The van der Waals surface area contributed by atoms with Gasteiger partial charge < -0.3 is 10.2 Å². The summed E-state index contributed by atoms with van der Waals surface area (Å²) >= 11 is 18.6. The van der Waals surface area contributed by atoms with Crippen LogP contribution in [0.1, 0.15) is 72.6 Å². The van der Waals surface area contributed by atoms with E-state index in [0.717, 1.165) is 68.4 Å². The van der Waals surface area contributed by atoms with Gasteiger partial charge in [-0.2, -0.15) is 0 Å². The fourth-order valence-electron chi connectivity index (χ4n) is 5.61. The van der Waals surface area contributed by atoms with Gasteiger partial charge in [0.05, 0.1) is 11.3 Å².